The van der Waals surface area contributed by atoms with Crippen LogP contribution in [0.15, 0.2) is 22.9 Å². The van der Waals surface area contributed by atoms with E-state index in [2.05, 4.69) is 22.7 Å². The Hall–Kier alpha value is -3.20. The average Bonchev–Trinajstić information content (AvgIpc) is 3.43. The van der Waals surface area contributed by atoms with Gasteiger partial charge in [0, 0.05) is 62.0 Å². The Morgan fingerprint density at radius 3 is 2.55 bits per heavy atom. The van der Waals surface area contributed by atoms with Gasteiger partial charge in [0.2, 0.25) is 5.69 Å². The van der Waals surface area contributed by atoms with Crippen LogP contribution in [-0.2, 0) is 11.4 Å². The normalized spacial score (nSPS) is 18.1. The second-order valence-electron chi connectivity index (χ2n) is 10.5. The molecule has 2 aliphatic rings. The van der Waals surface area contributed by atoms with Crippen LogP contribution in [-0.4, -0.2) is 76.7 Å². The first-order chi connectivity index (χ1) is 18.2. The van der Waals surface area contributed by atoms with E-state index in [0.717, 1.165) is 49.1 Å². The van der Waals surface area contributed by atoms with Crippen LogP contribution in [0.25, 0.3) is 0 Å². The lowest BCUT2D eigenvalue weighted by Crippen LogP contribution is -2.59. The van der Waals surface area contributed by atoms with Crippen LogP contribution in [0.4, 0.5) is 4.79 Å². The molecule has 2 aromatic rings. The first kappa shape index (κ1) is 27.8. The van der Waals surface area contributed by atoms with Crippen molar-refractivity contribution in [3.05, 3.63) is 51.0 Å². The van der Waals surface area contributed by atoms with Crippen molar-refractivity contribution in [2.75, 3.05) is 33.3 Å². The molecule has 2 saturated heterocycles. The van der Waals surface area contributed by atoms with E-state index in [4.69, 9.17) is 4.84 Å². The number of aryl methyl sites for hydroxylation is 1. The van der Waals surface area contributed by atoms with Crippen LogP contribution in [0.5, 0.6) is 0 Å². The number of carbonyl (C=O) groups excluding carboxylic acids is 2. The summed E-state index contributed by atoms with van der Waals surface area (Å²) in [6, 6.07) is 5.46. The van der Waals surface area contributed by atoms with Crippen molar-refractivity contribution in [2.45, 2.75) is 64.6 Å². The van der Waals surface area contributed by atoms with E-state index in [9.17, 15) is 20.1 Å². The van der Waals surface area contributed by atoms with Crippen LogP contribution < -0.4 is 10.2 Å². The first-order valence-corrected chi connectivity index (χ1v) is 13.9. The topological polar surface area (TPSA) is 113 Å². The Morgan fingerprint density at radius 1 is 1.29 bits per heavy atom. The SMILES string of the molecule is CONC(=O)N(Cc1ccsc1)C1CCN(C2(C)CCN(C(=O)c3c(C)cc(C#N)[n+](O)c3C)CC2)CC1. The Balaban J connectivity index is 1.37. The number of nitrogens with one attached hydrogen (secondary N) is 1. The summed E-state index contributed by atoms with van der Waals surface area (Å²) < 4.78 is 0.799. The zero-order valence-corrected chi connectivity index (χ0v) is 23.4. The first-order valence-electron chi connectivity index (χ1n) is 13.0. The molecule has 0 bridgehead atoms. The second kappa shape index (κ2) is 11.7. The van der Waals surface area contributed by atoms with Gasteiger partial charge in [-0.1, -0.05) is 0 Å². The van der Waals surface area contributed by atoms with Gasteiger partial charge in [0.05, 0.1) is 7.11 Å². The minimum absolute atomic E-state index is 0.0274. The fourth-order valence-corrected chi connectivity index (χ4v) is 6.45. The Kier molecular flexibility index (Phi) is 8.55. The number of hydroxylamine groups is 1. The van der Waals surface area contributed by atoms with Gasteiger partial charge in [-0.15, -0.1) is 0 Å². The standard InChI is InChI=1S/C27H36N6O4S/c1-19-15-23(16-28)33(36)20(2)24(19)25(34)30-12-8-27(3,9-13-30)31-10-5-22(6-11-31)32(26(35)29-37-4)17-21-7-14-38-18-21/h7,14-15,18,22H,5-6,8-13,17H2,1-4H3,(H-,29,35,36)/p+1. The number of likely N-dealkylation sites (tertiary alicyclic amines) is 2. The number of nitrogens with zero attached hydrogens (tertiary/aromatic N) is 5. The number of urea groups is 1. The lowest BCUT2D eigenvalue weighted by Gasteiger charge is -2.50. The largest absolute Gasteiger partial charge is 0.341 e. The number of pyridine rings is 1. The molecule has 3 amide bonds. The van der Waals surface area contributed by atoms with Crippen LogP contribution in [0, 0.1) is 25.2 Å². The molecule has 0 unspecified atom stereocenters. The van der Waals surface area contributed by atoms with Crippen molar-refractivity contribution in [3.8, 4) is 6.07 Å². The molecule has 0 spiro atoms. The van der Waals surface area contributed by atoms with Crippen molar-refractivity contribution in [1.82, 2.24) is 20.2 Å². The summed E-state index contributed by atoms with van der Waals surface area (Å²) in [6.07, 6.45) is 3.44. The van der Waals surface area contributed by atoms with Crippen molar-refractivity contribution in [3.63, 3.8) is 0 Å². The number of carbonyl (C=O) groups is 2. The summed E-state index contributed by atoms with van der Waals surface area (Å²) in [7, 11) is 1.45. The number of piperidine rings is 2. The number of hydrogen-bond donors (Lipinski definition) is 2. The van der Waals surface area contributed by atoms with E-state index in [0.29, 0.717) is 36.5 Å². The molecule has 0 radical (unpaired) electrons. The van der Waals surface area contributed by atoms with Crippen LogP contribution in [0.2, 0.25) is 0 Å². The third-order valence-corrected chi connectivity index (χ3v) is 8.90. The predicted molar refractivity (Wildman–Crippen MR) is 142 cm³/mol. The van der Waals surface area contributed by atoms with Crippen LogP contribution >= 0.6 is 11.3 Å². The van der Waals surface area contributed by atoms with Crippen molar-refractivity contribution >= 4 is 23.3 Å². The summed E-state index contributed by atoms with van der Waals surface area (Å²) in [6.45, 7) is 9.30. The summed E-state index contributed by atoms with van der Waals surface area (Å²) in [5.74, 6) is -0.110. The predicted octanol–water partition coefficient (Wildman–Crippen LogP) is 2.99. The van der Waals surface area contributed by atoms with Gasteiger partial charge in [0.25, 0.3) is 5.91 Å². The quantitative estimate of drug-likeness (QED) is 0.330. The molecular weight excluding hydrogens is 504 g/mol. The molecule has 11 heteroatoms. The summed E-state index contributed by atoms with van der Waals surface area (Å²) >= 11 is 1.62. The zero-order valence-electron chi connectivity index (χ0n) is 22.6. The number of nitriles is 1. The molecule has 2 aliphatic heterocycles. The molecule has 0 saturated carbocycles. The fraction of sp³-hybridized carbons (Fsp3) is 0.556. The number of rotatable bonds is 6. The molecule has 38 heavy (non-hydrogen) atoms. The summed E-state index contributed by atoms with van der Waals surface area (Å²) in [5.41, 5.74) is 5.22. The Morgan fingerprint density at radius 2 is 1.97 bits per heavy atom. The van der Waals surface area contributed by atoms with Gasteiger partial charge in [0.15, 0.2) is 6.07 Å². The molecule has 4 heterocycles. The van der Waals surface area contributed by atoms with Crippen LogP contribution in [0.1, 0.15) is 65.5 Å². The molecular formula is C27H37N6O4S+. The maximum Gasteiger partial charge on any atom is 0.341 e. The average molecular weight is 542 g/mol. The van der Waals surface area contributed by atoms with Crippen molar-refractivity contribution in [2.24, 2.45) is 0 Å². The monoisotopic (exact) mass is 541 g/mol. The Bertz CT molecular complexity index is 1200. The zero-order chi connectivity index (χ0) is 27.4. The van der Waals surface area contributed by atoms with Gasteiger partial charge in [-0.2, -0.15) is 16.6 Å². The number of amides is 3. The number of aromatic nitrogens is 1. The Labute approximate surface area is 227 Å². The van der Waals surface area contributed by atoms with Gasteiger partial charge in [-0.25, -0.2) is 10.3 Å². The van der Waals surface area contributed by atoms with E-state index in [-0.39, 0.29) is 29.2 Å². The fourth-order valence-electron chi connectivity index (χ4n) is 5.79. The second-order valence-corrected chi connectivity index (χ2v) is 11.3. The minimum atomic E-state index is -0.215. The lowest BCUT2D eigenvalue weighted by atomic mass is 9.85. The van der Waals surface area contributed by atoms with Crippen LogP contribution in [0.3, 0.4) is 0 Å². The molecule has 4 rings (SSSR count). The maximum absolute atomic E-state index is 13.4. The van der Waals surface area contributed by atoms with Gasteiger partial charge in [-0.3, -0.25) is 19.7 Å². The molecule has 0 aliphatic carbocycles. The molecule has 0 atom stereocenters. The highest BCUT2D eigenvalue weighted by Gasteiger charge is 2.41. The molecule has 2 fully saturated rings. The molecule has 0 aromatic carbocycles. The smallest absolute Gasteiger partial charge is 0.338 e. The lowest BCUT2D eigenvalue weighted by molar-refractivity contribution is -0.910. The van der Waals surface area contributed by atoms with Crippen molar-refractivity contribution < 1.29 is 24.4 Å². The number of hydrogen-bond acceptors (Lipinski definition) is 7. The minimum Gasteiger partial charge on any atom is -0.338 e. The molecule has 2 aromatic heterocycles. The molecule has 2 N–H and O–H groups in total. The molecule has 10 nitrogen and oxygen atoms in total. The van der Waals surface area contributed by atoms with E-state index in [1.165, 1.54) is 7.11 Å². The van der Waals surface area contributed by atoms with Gasteiger partial charge in [-0.05, 0) is 67.5 Å². The third-order valence-electron chi connectivity index (χ3n) is 8.16. The maximum atomic E-state index is 13.4. The molecule has 204 valence electrons. The third kappa shape index (κ3) is 5.62. The number of thiophene rings is 1. The van der Waals surface area contributed by atoms with Gasteiger partial charge >= 0.3 is 11.7 Å². The summed E-state index contributed by atoms with van der Waals surface area (Å²) in [4.78, 5) is 37.3. The van der Waals surface area contributed by atoms with Gasteiger partial charge in [0.1, 0.15) is 5.56 Å². The highest BCUT2D eigenvalue weighted by atomic mass is 32.1. The van der Waals surface area contributed by atoms with E-state index in [1.54, 1.807) is 31.3 Å². The van der Waals surface area contributed by atoms with E-state index < -0.39 is 0 Å². The summed E-state index contributed by atoms with van der Waals surface area (Å²) in [5, 5.41) is 23.6. The highest BCUT2D eigenvalue weighted by Crippen LogP contribution is 2.33. The van der Waals surface area contributed by atoms with E-state index >= 15 is 0 Å². The van der Waals surface area contributed by atoms with E-state index in [1.807, 2.05) is 27.3 Å². The highest BCUT2D eigenvalue weighted by molar-refractivity contribution is 7.07. The van der Waals surface area contributed by atoms with Crippen molar-refractivity contribution in [1.29, 1.82) is 5.26 Å². The van der Waals surface area contributed by atoms with Gasteiger partial charge < -0.3 is 9.80 Å².